The largest absolute Gasteiger partial charge is 0.456 e. The number of ether oxygens (including phenoxy) is 1. The quantitative estimate of drug-likeness (QED) is 0.296. The van der Waals surface area contributed by atoms with Gasteiger partial charge < -0.3 is 10.1 Å². The third kappa shape index (κ3) is 8.03. The molecule has 0 saturated carbocycles. The molecule has 0 saturated heterocycles. The minimum atomic E-state index is -0.642. The van der Waals surface area contributed by atoms with Gasteiger partial charge in [-0.15, -0.1) is 0 Å². The van der Waals surface area contributed by atoms with Crippen molar-refractivity contribution < 1.29 is 14.3 Å². The van der Waals surface area contributed by atoms with Gasteiger partial charge in [0.15, 0.2) is 0 Å². The van der Waals surface area contributed by atoms with Gasteiger partial charge in [0.1, 0.15) is 5.60 Å². The van der Waals surface area contributed by atoms with Gasteiger partial charge in [-0.05, 0) is 91.4 Å². The second-order valence-electron chi connectivity index (χ2n) is 9.62. The first-order valence-electron chi connectivity index (χ1n) is 12.0. The van der Waals surface area contributed by atoms with Crippen LogP contribution in [0.5, 0.6) is 0 Å². The minimum absolute atomic E-state index is 0.221. The van der Waals surface area contributed by atoms with E-state index in [9.17, 15) is 9.59 Å². The number of aromatic nitrogens is 1. The molecule has 0 aliphatic rings. The summed E-state index contributed by atoms with van der Waals surface area (Å²) < 4.78 is 6.46. The molecule has 35 heavy (non-hydrogen) atoms. The van der Waals surface area contributed by atoms with Crippen molar-refractivity contribution in [1.82, 2.24) is 4.98 Å². The van der Waals surface area contributed by atoms with Crippen molar-refractivity contribution in [3.63, 3.8) is 0 Å². The summed E-state index contributed by atoms with van der Waals surface area (Å²) in [6.07, 6.45) is 5.13. The lowest BCUT2D eigenvalue weighted by Crippen LogP contribution is -2.27. The lowest BCUT2D eigenvalue weighted by atomic mass is 9.94. The van der Waals surface area contributed by atoms with Crippen LogP contribution in [0.2, 0.25) is 0 Å². The lowest BCUT2D eigenvalue weighted by Gasteiger charge is -2.22. The molecule has 0 aliphatic heterocycles. The van der Waals surface area contributed by atoms with Crippen molar-refractivity contribution in [2.24, 2.45) is 0 Å². The van der Waals surface area contributed by atoms with E-state index in [0.29, 0.717) is 23.4 Å². The summed E-state index contributed by atoms with van der Waals surface area (Å²) in [5, 5.41) is 3.04. The fraction of sp³-hybridized carbons (Fsp3) is 0.345. The Bertz CT molecular complexity index is 1140. The Morgan fingerprint density at radius 1 is 1.03 bits per heavy atom. The van der Waals surface area contributed by atoms with Crippen LogP contribution in [0.3, 0.4) is 0 Å². The number of rotatable bonds is 9. The van der Waals surface area contributed by atoms with E-state index in [1.807, 2.05) is 75.4 Å². The Balaban J connectivity index is 1.95. The van der Waals surface area contributed by atoms with Gasteiger partial charge in [-0.1, -0.05) is 49.7 Å². The molecule has 184 valence electrons. The van der Waals surface area contributed by atoms with Crippen LogP contribution in [-0.4, -0.2) is 22.5 Å². The SMILES string of the molecule is CCCCc1ccc(C(=O)OC(C)(C)C)c(NC(=O)C(Cc2ccccc2)c2ccc(Br)cn2)c1. The Morgan fingerprint density at radius 3 is 2.40 bits per heavy atom. The number of nitrogens with one attached hydrogen (secondary N) is 1. The molecule has 3 rings (SSSR count). The highest BCUT2D eigenvalue weighted by atomic mass is 79.9. The summed E-state index contributed by atoms with van der Waals surface area (Å²) in [5.41, 5.74) is 2.92. The molecular weight excluding hydrogens is 504 g/mol. The zero-order chi connectivity index (χ0) is 25.4. The van der Waals surface area contributed by atoms with E-state index in [1.165, 1.54) is 0 Å². The first-order valence-corrected chi connectivity index (χ1v) is 12.8. The maximum atomic E-state index is 13.7. The van der Waals surface area contributed by atoms with E-state index >= 15 is 0 Å². The molecule has 0 aliphatic carbocycles. The Kier molecular flexibility index (Phi) is 9.21. The molecule has 0 fully saturated rings. The summed E-state index contributed by atoms with van der Waals surface area (Å²) in [6.45, 7) is 7.62. The summed E-state index contributed by atoms with van der Waals surface area (Å²) in [4.78, 5) is 31.1. The van der Waals surface area contributed by atoms with Gasteiger partial charge in [-0.2, -0.15) is 0 Å². The molecular formula is C29H33BrN2O3. The van der Waals surface area contributed by atoms with Crippen molar-refractivity contribution in [1.29, 1.82) is 0 Å². The molecule has 3 aromatic rings. The first kappa shape index (κ1) is 26.6. The van der Waals surface area contributed by atoms with Crippen molar-refractivity contribution >= 4 is 33.5 Å². The molecule has 1 atom stereocenters. The van der Waals surface area contributed by atoms with E-state index in [-0.39, 0.29) is 5.91 Å². The zero-order valence-electron chi connectivity index (χ0n) is 20.8. The van der Waals surface area contributed by atoms with E-state index in [1.54, 1.807) is 12.3 Å². The molecule has 6 heteroatoms. The fourth-order valence-corrected chi connectivity index (χ4v) is 3.97. The maximum Gasteiger partial charge on any atom is 0.340 e. The van der Waals surface area contributed by atoms with Crippen molar-refractivity contribution in [2.45, 2.75) is 64.9 Å². The number of esters is 1. The van der Waals surface area contributed by atoms with Crippen LogP contribution >= 0.6 is 15.9 Å². The number of hydrogen-bond donors (Lipinski definition) is 1. The highest BCUT2D eigenvalue weighted by Crippen LogP contribution is 2.27. The smallest absolute Gasteiger partial charge is 0.340 e. The number of anilines is 1. The van der Waals surface area contributed by atoms with Gasteiger partial charge in [0, 0.05) is 10.7 Å². The molecule has 1 heterocycles. The van der Waals surface area contributed by atoms with Gasteiger partial charge in [0.2, 0.25) is 5.91 Å². The number of aryl methyl sites for hydroxylation is 1. The number of nitrogens with zero attached hydrogens (tertiary/aromatic N) is 1. The molecule has 1 amide bonds. The molecule has 0 bridgehead atoms. The number of pyridine rings is 1. The second-order valence-corrected chi connectivity index (χ2v) is 10.5. The molecule has 1 N–H and O–H groups in total. The first-order chi connectivity index (χ1) is 16.7. The van der Waals surface area contributed by atoms with Crippen molar-refractivity contribution in [3.8, 4) is 0 Å². The predicted octanol–water partition coefficient (Wildman–Crippen LogP) is 7.11. The fourth-order valence-electron chi connectivity index (χ4n) is 3.74. The topological polar surface area (TPSA) is 68.3 Å². The van der Waals surface area contributed by atoms with E-state index in [0.717, 1.165) is 34.9 Å². The van der Waals surface area contributed by atoms with Gasteiger partial charge in [0.05, 0.1) is 22.9 Å². The third-order valence-electron chi connectivity index (χ3n) is 5.49. The number of benzene rings is 2. The normalized spacial score (nSPS) is 12.1. The standard InChI is InChI=1S/C29H33BrN2O3/c1-5-6-10-21-13-15-23(28(34)35-29(2,3)4)26(18-21)32-27(33)24(17-20-11-8-7-9-12-20)25-16-14-22(30)19-31-25/h7-9,11-16,18-19,24H,5-6,10,17H2,1-4H3,(H,32,33). The van der Waals surface area contributed by atoms with Crippen LogP contribution in [0, 0.1) is 0 Å². The molecule has 1 aromatic heterocycles. The number of unbranched alkanes of at least 4 members (excludes halogenated alkanes) is 1. The van der Waals surface area contributed by atoms with E-state index in [2.05, 4.69) is 33.2 Å². The summed E-state index contributed by atoms with van der Waals surface area (Å²) in [7, 11) is 0. The zero-order valence-corrected chi connectivity index (χ0v) is 22.4. The number of halogens is 1. The highest BCUT2D eigenvalue weighted by Gasteiger charge is 2.26. The van der Waals surface area contributed by atoms with Crippen LogP contribution in [0.15, 0.2) is 71.3 Å². The van der Waals surface area contributed by atoms with Crippen LogP contribution in [0.4, 0.5) is 5.69 Å². The van der Waals surface area contributed by atoms with Gasteiger partial charge in [-0.25, -0.2) is 4.79 Å². The molecule has 0 spiro atoms. The Morgan fingerprint density at radius 2 is 1.77 bits per heavy atom. The molecule has 2 aromatic carbocycles. The van der Waals surface area contributed by atoms with Crippen LogP contribution in [-0.2, 0) is 22.4 Å². The van der Waals surface area contributed by atoms with Gasteiger partial charge in [0.25, 0.3) is 0 Å². The third-order valence-corrected chi connectivity index (χ3v) is 5.96. The highest BCUT2D eigenvalue weighted by molar-refractivity contribution is 9.10. The Labute approximate surface area is 216 Å². The number of hydrogen-bond acceptors (Lipinski definition) is 4. The summed E-state index contributed by atoms with van der Waals surface area (Å²) >= 11 is 3.42. The second kappa shape index (κ2) is 12.1. The number of carbonyl (C=O) groups is 2. The van der Waals surface area contributed by atoms with Crippen molar-refractivity contribution in [2.75, 3.05) is 5.32 Å². The van der Waals surface area contributed by atoms with E-state index in [4.69, 9.17) is 4.74 Å². The van der Waals surface area contributed by atoms with Gasteiger partial charge in [-0.3, -0.25) is 9.78 Å². The Hall–Kier alpha value is -2.99. The lowest BCUT2D eigenvalue weighted by molar-refractivity contribution is -0.117. The van der Waals surface area contributed by atoms with Crippen LogP contribution in [0.25, 0.3) is 0 Å². The van der Waals surface area contributed by atoms with Gasteiger partial charge >= 0.3 is 5.97 Å². The van der Waals surface area contributed by atoms with E-state index < -0.39 is 17.5 Å². The number of carbonyl (C=O) groups excluding carboxylic acids is 2. The van der Waals surface area contributed by atoms with Crippen LogP contribution < -0.4 is 5.32 Å². The average Bonchev–Trinajstić information content (AvgIpc) is 2.81. The molecule has 5 nitrogen and oxygen atoms in total. The maximum absolute atomic E-state index is 13.7. The minimum Gasteiger partial charge on any atom is -0.456 e. The van der Waals surface area contributed by atoms with Crippen LogP contribution in [0.1, 0.15) is 73.6 Å². The number of amides is 1. The molecule has 0 radical (unpaired) electrons. The summed E-state index contributed by atoms with van der Waals surface area (Å²) in [5.74, 6) is -1.21. The van der Waals surface area contributed by atoms with Crippen molar-refractivity contribution in [3.05, 3.63) is 93.7 Å². The predicted molar refractivity (Wildman–Crippen MR) is 144 cm³/mol. The average molecular weight is 537 g/mol. The molecule has 1 unspecified atom stereocenters. The monoisotopic (exact) mass is 536 g/mol. The summed E-state index contributed by atoms with van der Waals surface area (Å²) in [6, 6.07) is 19.2.